The van der Waals surface area contributed by atoms with Crippen LogP contribution in [-0.4, -0.2) is 57.7 Å². The molecule has 2 aromatic rings. The van der Waals surface area contributed by atoms with Crippen LogP contribution in [0.4, 0.5) is 5.13 Å². The molecule has 0 spiro atoms. The van der Waals surface area contributed by atoms with Gasteiger partial charge in [-0.05, 0) is 18.1 Å². The number of aromatic nitrogens is 2. The topological polar surface area (TPSA) is 117 Å². The summed E-state index contributed by atoms with van der Waals surface area (Å²) in [5, 5.41) is 34.7. The van der Waals surface area contributed by atoms with E-state index in [0.29, 0.717) is 12.5 Å². The van der Waals surface area contributed by atoms with Gasteiger partial charge in [0.25, 0.3) is 0 Å². The van der Waals surface area contributed by atoms with Gasteiger partial charge >= 0.3 is 13.1 Å². The van der Waals surface area contributed by atoms with Gasteiger partial charge in [0.2, 0.25) is 5.13 Å². The average molecular weight is 378 g/mol. The number of fused-ring (bicyclic) bond motifs is 1. The summed E-state index contributed by atoms with van der Waals surface area (Å²) in [7, 11) is -1.10. The minimum atomic E-state index is -1.10. The van der Waals surface area contributed by atoms with E-state index in [-0.39, 0.29) is 16.5 Å². The van der Waals surface area contributed by atoms with E-state index < -0.39 is 13.1 Å². The van der Waals surface area contributed by atoms with Gasteiger partial charge in [-0.1, -0.05) is 35.2 Å². The highest BCUT2D eigenvalue weighted by Gasteiger charge is 2.38. The fraction of sp³-hybridized carbons (Fsp3) is 0.357. The first-order valence-corrected chi connectivity index (χ1v) is 9.47. The van der Waals surface area contributed by atoms with E-state index in [2.05, 4.69) is 20.8 Å². The second-order valence-corrected chi connectivity index (χ2v) is 8.30. The Bertz CT molecular complexity index is 801. The van der Waals surface area contributed by atoms with Crippen LogP contribution in [0.15, 0.2) is 22.5 Å². The van der Waals surface area contributed by atoms with Crippen LogP contribution in [0.2, 0.25) is 0 Å². The van der Waals surface area contributed by atoms with Crippen LogP contribution >= 0.6 is 23.1 Å². The van der Waals surface area contributed by atoms with Crippen LogP contribution < -0.4 is 15.3 Å². The molecule has 1 atom stereocenters. The molecule has 8 nitrogen and oxygen atoms in total. The fourth-order valence-corrected chi connectivity index (χ4v) is 4.81. The monoisotopic (exact) mass is 378 g/mol. The Morgan fingerprint density at radius 2 is 2.28 bits per heavy atom. The van der Waals surface area contributed by atoms with E-state index in [1.165, 1.54) is 29.2 Å². The van der Waals surface area contributed by atoms with Gasteiger partial charge in [0.15, 0.2) is 4.34 Å². The first-order valence-electron chi connectivity index (χ1n) is 7.77. The van der Waals surface area contributed by atoms with Crippen LogP contribution in [-0.2, 0) is 6.42 Å². The number of para-hydroxylation sites is 1. The third kappa shape index (κ3) is 3.45. The van der Waals surface area contributed by atoms with Crippen molar-refractivity contribution in [3.05, 3.63) is 29.3 Å². The van der Waals surface area contributed by atoms with Crippen molar-refractivity contribution in [3.8, 4) is 5.75 Å². The van der Waals surface area contributed by atoms with Crippen molar-refractivity contribution in [1.29, 1.82) is 0 Å². The zero-order valence-corrected chi connectivity index (χ0v) is 14.6. The van der Waals surface area contributed by atoms with Gasteiger partial charge < -0.3 is 25.4 Å². The van der Waals surface area contributed by atoms with E-state index in [9.17, 15) is 14.9 Å². The van der Waals surface area contributed by atoms with Crippen LogP contribution in [0.25, 0.3) is 0 Å². The number of aromatic carboxylic acids is 1. The first kappa shape index (κ1) is 16.6. The summed E-state index contributed by atoms with van der Waals surface area (Å²) in [6.07, 6.45) is 0.497. The van der Waals surface area contributed by atoms with Gasteiger partial charge in [-0.2, -0.15) is 0 Å². The van der Waals surface area contributed by atoms with Crippen molar-refractivity contribution in [2.75, 3.05) is 18.4 Å². The van der Waals surface area contributed by atoms with Crippen molar-refractivity contribution >= 4 is 41.3 Å². The number of hydrogen-bond acceptors (Lipinski definition) is 9. The van der Waals surface area contributed by atoms with Gasteiger partial charge in [0.05, 0.1) is 16.8 Å². The Hall–Kier alpha value is -1.82. The molecule has 0 radical (unpaired) electrons. The average Bonchev–Trinajstić information content (AvgIpc) is 2.98. The number of rotatable bonds is 5. The summed E-state index contributed by atoms with van der Waals surface area (Å²) >= 11 is 2.83. The molecular formula is C14H15BN4O4S2. The fourth-order valence-electron chi connectivity index (χ4n) is 2.68. The molecule has 3 heterocycles. The number of nitrogens with zero attached hydrogens (tertiary/aromatic N) is 2. The smallest absolute Gasteiger partial charge is 0.535 e. The van der Waals surface area contributed by atoms with Gasteiger partial charge in [0.1, 0.15) is 5.75 Å². The molecule has 0 saturated carbocycles. The SMILES string of the molecule is O=C(O)c1cccc2c1OB(O)[C@@H](Sc1nnc(NC3CNC3)s1)C2. The van der Waals surface area contributed by atoms with E-state index in [0.717, 1.165) is 28.1 Å². The Labute approximate surface area is 152 Å². The van der Waals surface area contributed by atoms with E-state index in [1.54, 1.807) is 6.07 Å². The number of anilines is 1. The maximum absolute atomic E-state index is 11.3. The number of carboxylic acids is 1. The van der Waals surface area contributed by atoms with Crippen LogP contribution in [0, 0.1) is 0 Å². The van der Waals surface area contributed by atoms with Crippen LogP contribution in [0.5, 0.6) is 5.75 Å². The summed E-state index contributed by atoms with van der Waals surface area (Å²) < 4.78 is 6.23. The predicted octanol–water partition coefficient (Wildman–Crippen LogP) is 0.735. The van der Waals surface area contributed by atoms with Crippen molar-refractivity contribution in [3.63, 3.8) is 0 Å². The zero-order chi connectivity index (χ0) is 17.4. The maximum atomic E-state index is 11.3. The molecule has 11 heteroatoms. The Balaban J connectivity index is 1.47. The van der Waals surface area contributed by atoms with Crippen LogP contribution in [0.3, 0.4) is 0 Å². The minimum Gasteiger partial charge on any atom is -0.535 e. The molecule has 0 aliphatic carbocycles. The molecule has 1 fully saturated rings. The molecule has 1 aromatic heterocycles. The summed E-state index contributed by atoms with van der Waals surface area (Å²) in [5.74, 6) is -0.822. The molecule has 4 N–H and O–H groups in total. The standard InChI is InChI=1S/C14H15BN4O4S2/c20-12(21)9-3-1-2-7-4-10(15(22)23-11(7)9)24-14-19-18-13(25-14)17-8-5-16-6-8/h1-3,8,10,16,22H,4-6H2,(H,17,18)(H,20,21)/t10-/m0/s1. The number of carboxylic acid groups (broad SMARTS) is 1. The Morgan fingerprint density at radius 1 is 1.44 bits per heavy atom. The van der Waals surface area contributed by atoms with E-state index >= 15 is 0 Å². The third-order valence-electron chi connectivity index (χ3n) is 4.07. The Kier molecular flexibility index (Phi) is 4.55. The highest BCUT2D eigenvalue weighted by Crippen LogP contribution is 2.38. The van der Waals surface area contributed by atoms with Crippen molar-refractivity contribution in [2.24, 2.45) is 0 Å². The summed E-state index contributed by atoms with van der Waals surface area (Å²) in [5.41, 5.74) is 0.836. The van der Waals surface area contributed by atoms with Gasteiger partial charge in [0, 0.05) is 13.1 Å². The van der Waals surface area contributed by atoms with Crippen molar-refractivity contribution in [2.45, 2.75) is 22.0 Å². The van der Waals surface area contributed by atoms with Crippen molar-refractivity contribution < 1.29 is 19.6 Å². The predicted molar refractivity (Wildman–Crippen MR) is 95.5 cm³/mol. The second-order valence-electron chi connectivity index (χ2n) is 5.84. The summed E-state index contributed by atoms with van der Waals surface area (Å²) in [6, 6.07) is 5.36. The molecular weight excluding hydrogens is 363 g/mol. The Morgan fingerprint density at radius 3 is 3.00 bits per heavy atom. The molecule has 1 aromatic carbocycles. The third-order valence-corrected chi connectivity index (χ3v) is 6.25. The lowest BCUT2D eigenvalue weighted by molar-refractivity contribution is 0.0694. The highest BCUT2D eigenvalue weighted by molar-refractivity contribution is 8.02. The molecule has 1 saturated heterocycles. The first-order chi connectivity index (χ1) is 12.1. The number of nitrogens with one attached hydrogen (secondary N) is 2. The van der Waals surface area contributed by atoms with Gasteiger partial charge in [-0.25, -0.2) is 4.79 Å². The van der Waals surface area contributed by atoms with E-state index in [4.69, 9.17) is 4.65 Å². The molecule has 0 unspecified atom stereocenters. The lowest BCUT2D eigenvalue weighted by atomic mass is 9.77. The summed E-state index contributed by atoms with van der Waals surface area (Å²) in [6.45, 7) is 1.83. The number of thioether (sulfide) groups is 1. The molecule has 0 bridgehead atoms. The normalized spacial score (nSPS) is 19.7. The number of carbonyl (C=O) groups is 1. The second kappa shape index (κ2) is 6.83. The summed E-state index contributed by atoms with van der Waals surface area (Å²) in [4.78, 5) is 11.3. The zero-order valence-electron chi connectivity index (χ0n) is 13.0. The quantitative estimate of drug-likeness (QED) is 0.559. The highest BCUT2D eigenvalue weighted by atomic mass is 32.2. The molecule has 2 aliphatic rings. The number of hydrogen-bond donors (Lipinski definition) is 4. The van der Waals surface area contributed by atoms with Crippen molar-refractivity contribution in [1.82, 2.24) is 15.5 Å². The molecule has 2 aliphatic heterocycles. The van der Waals surface area contributed by atoms with Gasteiger partial charge in [-0.3, -0.25) is 0 Å². The lowest BCUT2D eigenvalue weighted by Gasteiger charge is -2.27. The molecule has 0 amide bonds. The van der Waals surface area contributed by atoms with Crippen LogP contribution in [0.1, 0.15) is 15.9 Å². The molecule has 25 heavy (non-hydrogen) atoms. The lowest BCUT2D eigenvalue weighted by Crippen LogP contribution is -2.51. The van der Waals surface area contributed by atoms with Gasteiger partial charge in [-0.15, -0.1) is 10.2 Å². The minimum absolute atomic E-state index is 0.0662. The number of benzene rings is 1. The largest absolute Gasteiger partial charge is 0.537 e. The molecule has 130 valence electrons. The molecule has 4 rings (SSSR count). The van der Waals surface area contributed by atoms with E-state index in [1.807, 2.05) is 6.07 Å². The maximum Gasteiger partial charge on any atom is 0.537 e.